The molecule has 1 aromatic carbocycles. The maximum atomic E-state index is 13.3. The molecular weight excluding hydrogens is 285 g/mol. The molecule has 0 aliphatic heterocycles. The number of halogens is 1. The molecule has 0 saturated heterocycles. The first-order valence-corrected chi connectivity index (χ1v) is 7.41. The smallest absolute Gasteiger partial charge is 0.188 e. The Kier molecular flexibility index (Phi) is 3.66. The van der Waals surface area contributed by atoms with Gasteiger partial charge in [-0.15, -0.1) is 11.3 Å². The highest BCUT2D eigenvalue weighted by Crippen LogP contribution is 2.27. The number of thiazole rings is 1. The van der Waals surface area contributed by atoms with Gasteiger partial charge in [0.25, 0.3) is 0 Å². The lowest BCUT2D eigenvalue weighted by atomic mass is 10.1. The van der Waals surface area contributed by atoms with Crippen molar-refractivity contribution in [2.24, 2.45) is 0 Å². The number of rotatable bonds is 3. The van der Waals surface area contributed by atoms with Crippen LogP contribution in [0.25, 0.3) is 11.3 Å². The van der Waals surface area contributed by atoms with E-state index in [-0.39, 0.29) is 5.82 Å². The number of hydrogen-bond donors (Lipinski definition) is 1. The zero-order valence-electron chi connectivity index (χ0n) is 11.7. The number of nitrogens with one attached hydrogen (secondary N) is 1. The number of pyridine rings is 1. The van der Waals surface area contributed by atoms with Gasteiger partial charge in [-0.3, -0.25) is 0 Å². The Balaban J connectivity index is 1.84. The van der Waals surface area contributed by atoms with Gasteiger partial charge in [-0.2, -0.15) is 0 Å². The van der Waals surface area contributed by atoms with Crippen molar-refractivity contribution in [3.05, 3.63) is 58.9 Å². The zero-order chi connectivity index (χ0) is 14.8. The van der Waals surface area contributed by atoms with E-state index < -0.39 is 0 Å². The maximum absolute atomic E-state index is 13.3. The van der Waals surface area contributed by atoms with Gasteiger partial charge in [-0.25, -0.2) is 14.4 Å². The van der Waals surface area contributed by atoms with Crippen molar-refractivity contribution >= 4 is 22.3 Å². The number of benzene rings is 1. The summed E-state index contributed by atoms with van der Waals surface area (Å²) in [6.45, 7) is 3.77. The van der Waals surface area contributed by atoms with E-state index >= 15 is 0 Å². The van der Waals surface area contributed by atoms with Crippen LogP contribution in [0, 0.1) is 19.7 Å². The van der Waals surface area contributed by atoms with Crippen LogP contribution in [0.3, 0.4) is 0 Å². The summed E-state index contributed by atoms with van der Waals surface area (Å²) in [5, 5.41) is 5.90. The summed E-state index contributed by atoms with van der Waals surface area (Å²) in [6, 6.07) is 8.92. The molecule has 0 saturated carbocycles. The predicted octanol–water partition coefficient (Wildman–Crippen LogP) is 4.70. The first kappa shape index (κ1) is 13.7. The minimum Gasteiger partial charge on any atom is -0.316 e. The van der Waals surface area contributed by atoms with E-state index in [2.05, 4.69) is 15.3 Å². The summed E-state index contributed by atoms with van der Waals surface area (Å²) < 4.78 is 13.3. The fourth-order valence-corrected chi connectivity index (χ4v) is 2.71. The van der Waals surface area contributed by atoms with Crippen molar-refractivity contribution in [1.82, 2.24) is 9.97 Å². The van der Waals surface area contributed by atoms with Crippen molar-refractivity contribution in [3.8, 4) is 11.3 Å². The Morgan fingerprint density at radius 2 is 2.00 bits per heavy atom. The average Bonchev–Trinajstić information content (AvgIpc) is 2.90. The minimum atomic E-state index is -0.198. The summed E-state index contributed by atoms with van der Waals surface area (Å²) in [5.41, 5.74) is 3.50. The summed E-state index contributed by atoms with van der Waals surface area (Å²) in [4.78, 5) is 8.77. The molecule has 0 radical (unpaired) electrons. The van der Waals surface area contributed by atoms with Gasteiger partial charge in [-0.1, -0.05) is 0 Å². The van der Waals surface area contributed by atoms with Gasteiger partial charge < -0.3 is 5.32 Å². The van der Waals surface area contributed by atoms with Gasteiger partial charge in [-0.05, 0) is 55.3 Å². The molecule has 1 N–H and O–H groups in total. The van der Waals surface area contributed by atoms with Crippen LogP contribution in [0.15, 0.2) is 41.9 Å². The van der Waals surface area contributed by atoms with Gasteiger partial charge in [0.15, 0.2) is 5.13 Å². The molecule has 0 amide bonds. The van der Waals surface area contributed by atoms with Crippen LogP contribution in [0.5, 0.6) is 0 Å². The molecule has 5 heteroatoms. The number of nitrogens with zero attached hydrogens (tertiary/aromatic N) is 2. The molecule has 0 aliphatic carbocycles. The Bertz CT molecular complexity index is 783. The Labute approximate surface area is 126 Å². The van der Waals surface area contributed by atoms with Crippen LogP contribution in [-0.4, -0.2) is 9.97 Å². The second-order valence-electron chi connectivity index (χ2n) is 4.85. The molecule has 106 valence electrons. The topological polar surface area (TPSA) is 37.8 Å². The van der Waals surface area contributed by atoms with Crippen molar-refractivity contribution in [2.75, 3.05) is 5.32 Å². The SMILES string of the molecule is Cc1ccnc(Nc2nc(-c3ccc(F)c(C)c3)cs2)c1. The summed E-state index contributed by atoms with van der Waals surface area (Å²) >= 11 is 1.50. The molecular formula is C16H14FN3S. The van der Waals surface area contributed by atoms with Crippen LogP contribution < -0.4 is 5.32 Å². The lowest BCUT2D eigenvalue weighted by molar-refractivity contribution is 0.619. The highest BCUT2D eigenvalue weighted by atomic mass is 32.1. The van der Waals surface area contributed by atoms with Gasteiger partial charge in [0.1, 0.15) is 11.6 Å². The Hall–Kier alpha value is -2.27. The van der Waals surface area contributed by atoms with Gasteiger partial charge >= 0.3 is 0 Å². The molecule has 3 rings (SSSR count). The number of hydrogen-bond acceptors (Lipinski definition) is 4. The summed E-state index contributed by atoms with van der Waals surface area (Å²) in [6.07, 6.45) is 1.76. The predicted molar refractivity (Wildman–Crippen MR) is 84.5 cm³/mol. The van der Waals surface area contributed by atoms with Crippen LogP contribution in [-0.2, 0) is 0 Å². The van der Waals surface area contributed by atoms with Crippen molar-refractivity contribution in [3.63, 3.8) is 0 Å². The summed E-state index contributed by atoms with van der Waals surface area (Å²) in [7, 11) is 0. The van der Waals surface area contributed by atoms with Crippen molar-refractivity contribution < 1.29 is 4.39 Å². The van der Waals surface area contributed by atoms with Crippen LogP contribution in [0.1, 0.15) is 11.1 Å². The van der Waals surface area contributed by atoms with E-state index in [1.54, 1.807) is 25.3 Å². The lowest BCUT2D eigenvalue weighted by Gasteiger charge is -2.02. The molecule has 3 nitrogen and oxygen atoms in total. The lowest BCUT2D eigenvalue weighted by Crippen LogP contribution is -1.93. The van der Waals surface area contributed by atoms with Crippen molar-refractivity contribution in [2.45, 2.75) is 13.8 Å². The van der Waals surface area contributed by atoms with E-state index in [4.69, 9.17) is 0 Å². The molecule has 2 aromatic heterocycles. The highest BCUT2D eigenvalue weighted by molar-refractivity contribution is 7.14. The van der Waals surface area contributed by atoms with Gasteiger partial charge in [0, 0.05) is 17.1 Å². The average molecular weight is 299 g/mol. The Morgan fingerprint density at radius 1 is 1.14 bits per heavy atom. The molecule has 0 spiro atoms. The van der Waals surface area contributed by atoms with Gasteiger partial charge in [0.05, 0.1) is 5.69 Å². The molecule has 0 atom stereocenters. The molecule has 2 heterocycles. The van der Waals surface area contributed by atoms with E-state index in [0.717, 1.165) is 27.8 Å². The third-order valence-corrected chi connectivity index (χ3v) is 3.87. The fraction of sp³-hybridized carbons (Fsp3) is 0.125. The zero-order valence-corrected chi connectivity index (χ0v) is 12.5. The van der Waals surface area contributed by atoms with Crippen molar-refractivity contribution in [1.29, 1.82) is 0 Å². The van der Waals surface area contributed by atoms with E-state index in [0.29, 0.717) is 5.56 Å². The second-order valence-corrected chi connectivity index (χ2v) is 5.70. The highest BCUT2D eigenvalue weighted by Gasteiger charge is 2.07. The second kappa shape index (κ2) is 5.61. The number of aromatic nitrogens is 2. The number of anilines is 2. The largest absolute Gasteiger partial charge is 0.316 e. The maximum Gasteiger partial charge on any atom is 0.188 e. The standard InChI is InChI=1S/C16H14FN3S/c1-10-5-6-18-15(7-10)20-16-19-14(9-21-16)12-3-4-13(17)11(2)8-12/h3-9H,1-2H3,(H,18,19,20). The van der Waals surface area contributed by atoms with Gasteiger partial charge in [0.2, 0.25) is 0 Å². The molecule has 0 aliphatic rings. The first-order chi connectivity index (χ1) is 10.1. The molecule has 0 fully saturated rings. The minimum absolute atomic E-state index is 0.198. The van der Waals surface area contributed by atoms with Crippen LogP contribution in [0.2, 0.25) is 0 Å². The normalized spacial score (nSPS) is 10.6. The van der Waals surface area contributed by atoms with E-state index in [9.17, 15) is 4.39 Å². The monoisotopic (exact) mass is 299 g/mol. The number of aryl methyl sites for hydroxylation is 2. The molecule has 21 heavy (non-hydrogen) atoms. The fourth-order valence-electron chi connectivity index (χ4n) is 1.98. The third-order valence-electron chi connectivity index (χ3n) is 3.11. The first-order valence-electron chi connectivity index (χ1n) is 6.53. The third kappa shape index (κ3) is 3.08. The molecule has 0 bridgehead atoms. The molecule has 3 aromatic rings. The van der Waals surface area contributed by atoms with E-state index in [1.165, 1.54) is 17.4 Å². The van der Waals surface area contributed by atoms with Crippen LogP contribution >= 0.6 is 11.3 Å². The molecule has 0 unspecified atom stereocenters. The Morgan fingerprint density at radius 3 is 2.76 bits per heavy atom. The quantitative estimate of drug-likeness (QED) is 0.761. The van der Waals surface area contributed by atoms with Crippen LogP contribution in [0.4, 0.5) is 15.3 Å². The van der Waals surface area contributed by atoms with E-state index in [1.807, 2.05) is 24.4 Å². The summed E-state index contributed by atoms with van der Waals surface area (Å²) in [5.74, 6) is 0.572.